The van der Waals surface area contributed by atoms with Crippen molar-refractivity contribution in [2.24, 2.45) is 5.92 Å². The van der Waals surface area contributed by atoms with Gasteiger partial charge in [-0.05, 0) is 26.3 Å². The van der Waals surface area contributed by atoms with Crippen molar-refractivity contribution in [2.75, 3.05) is 32.7 Å². The van der Waals surface area contributed by atoms with Crippen molar-refractivity contribution in [2.45, 2.75) is 25.8 Å². The van der Waals surface area contributed by atoms with E-state index in [2.05, 4.69) is 16.0 Å². The summed E-state index contributed by atoms with van der Waals surface area (Å²) < 4.78 is 0. The second kappa shape index (κ2) is 6.04. The lowest BCUT2D eigenvalue weighted by molar-refractivity contribution is -0.125. The highest BCUT2D eigenvalue weighted by Gasteiger charge is 2.29. The van der Waals surface area contributed by atoms with Crippen LogP contribution in [0.15, 0.2) is 0 Å². The second-order valence-corrected chi connectivity index (χ2v) is 4.97. The third-order valence-electron chi connectivity index (χ3n) is 3.58. The maximum atomic E-state index is 11.9. The number of hydrogen-bond donors (Lipinski definition) is 3. The number of carbonyl (C=O) groups excluding carboxylic acids is 2. The Morgan fingerprint density at radius 2 is 2.22 bits per heavy atom. The first-order valence-electron chi connectivity index (χ1n) is 6.74. The van der Waals surface area contributed by atoms with Crippen LogP contribution in [0.25, 0.3) is 0 Å². The minimum Gasteiger partial charge on any atom is -0.351 e. The molecule has 2 atom stereocenters. The van der Waals surface area contributed by atoms with Crippen LogP contribution < -0.4 is 16.0 Å². The van der Waals surface area contributed by atoms with E-state index < -0.39 is 0 Å². The van der Waals surface area contributed by atoms with Crippen LogP contribution in [0.3, 0.4) is 0 Å². The van der Waals surface area contributed by atoms with Crippen LogP contribution in [0.4, 0.5) is 4.79 Å². The number of likely N-dealkylation sites (tertiary alicyclic amines) is 1. The topological polar surface area (TPSA) is 73.5 Å². The summed E-state index contributed by atoms with van der Waals surface area (Å²) in [5.41, 5.74) is 0. The maximum absolute atomic E-state index is 11.9. The monoisotopic (exact) mass is 254 g/mol. The Bertz CT molecular complexity index is 315. The van der Waals surface area contributed by atoms with Gasteiger partial charge in [-0.2, -0.15) is 0 Å². The molecule has 2 aliphatic heterocycles. The third kappa shape index (κ3) is 3.13. The fourth-order valence-corrected chi connectivity index (χ4v) is 2.52. The van der Waals surface area contributed by atoms with Gasteiger partial charge in [0.2, 0.25) is 5.91 Å². The van der Waals surface area contributed by atoms with Gasteiger partial charge in [-0.1, -0.05) is 0 Å². The van der Waals surface area contributed by atoms with Crippen LogP contribution in [0.1, 0.15) is 19.8 Å². The normalized spacial score (nSPS) is 27.3. The van der Waals surface area contributed by atoms with E-state index in [-0.39, 0.29) is 23.9 Å². The predicted molar refractivity (Wildman–Crippen MR) is 68.2 cm³/mol. The lowest BCUT2D eigenvalue weighted by atomic mass is 10.1. The lowest BCUT2D eigenvalue weighted by Crippen LogP contribution is -2.43. The van der Waals surface area contributed by atoms with Gasteiger partial charge in [-0.25, -0.2) is 4.79 Å². The Labute approximate surface area is 107 Å². The highest BCUT2D eigenvalue weighted by atomic mass is 16.2. The van der Waals surface area contributed by atoms with Gasteiger partial charge in [0.15, 0.2) is 0 Å². The standard InChI is InChI=1S/C12H22N4O2/c1-2-14-12(18)16-6-4-10(8-16)15-11(17)9-3-5-13-7-9/h9-10,13H,2-8H2,1H3,(H,14,18)(H,15,17). The van der Waals surface area contributed by atoms with E-state index in [4.69, 9.17) is 0 Å². The fraction of sp³-hybridized carbons (Fsp3) is 0.833. The van der Waals surface area contributed by atoms with Gasteiger partial charge in [0.1, 0.15) is 0 Å². The van der Waals surface area contributed by atoms with Crippen LogP contribution in [-0.4, -0.2) is 55.6 Å². The van der Waals surface area contributed by atoms with Gasteiger partial charge >= 0.3 is 6.03 Å². The zero-order valence-electron chi connectivity index (χ0n) is 10.9. The van der Waals surface area contributed by atoms with Crippen LogP contribution in [0.5, 0.6) is 0 Å². The van der Waals surface area contributed by atoms with Gasteiger partial charge in [-0.3, -0.25) is 4.79 Å². The molecule has 2 heterocycles. The van der Waals surface area contributed by atoms with Crippen LogP contribution in [0, 0.1) is 5.92 Å². The van der Waals surface area contributed by atoms with Crippen molar-refractivity contribution in [3.05, 3.63) is 0 Å². The van der Waals surface area contributed by atoms with Crippen molar-refractivity contribution in [1.29, 1.82) is 0 Å². The molecule has 0 saturated carbocycles. The van der Waals surface area contributed by atoms with E-state index in [1.54, 1.807) is 4.90 Å². The van der Waals surface area contributed by atoms with E-state index in [9.17, 15) is 9.59 Å². The van der Waals surface area contributed by atoms with Crippen LogP contribution >= 0.6 is 0 Å². The number of amides is 3. The van der Waals surface area contributed by atoms with Crippen molar-refractivity contribution in [3.63, 3.8) is 0 Å². The zero-order valence-corrected chi connectivity index (χ0v) is 10.9. The van der Waals surface area contributed by atoms with E-state index >= 15 is 0 Å². The number of nitrogens with zero attached hydrogens (tertiary/aromatic N) is 1. The van der Waals surface area contributed by atoms with Gasteiger partial charge in [0.25, 0.3) is 0 Å². The molecule has 0 aromatic carbocycles. The molecule has 0 aliphatic carbocycles. The number of urea groups is 1. The molecular weight excluding hydrogens is 232 g/mol. The smallest absolute Gasteiger partial charge is 0.317 e. The van der Waals surface area contributed by atoms with Crippen molar-refractivity contribution in [3.8, 4) is 0 Å². The molecule has 2 fully saturated rings. The Balaban J connectivity index is 1.75. The number of hydrogen-bond acceptors (Lipinski definition) is 3. The quantitative estimate of drug-likeness (QED) is 0.636. The molecule has 3 N–H and O–H groups in total. The maximum Gasteiger partial charge on any atom is 0.317 e. The van der Waals surface area contributed by atoms with Gasteiger partial charge < -0.3 is 20.9 Å². The molecule has 18 heavy (non-hydrogen) atoms. The molecule has 2 aliphatic rings. The highest BCUT2D eigenvalue weighted by molar-refractivity contribution is 5.80. The third-order valence-corrected chi connectivity index (χ3v) is 3.58. The summed E-state index contributed by atoms with van der Waals surface area (Å²) in [6.07, 6.45) is 1.77. The molecule has 3 amide bonds. The Morgan fingerprint density at radius 1 is 1.39 bits per heavy atom. The average molecular weight is 254 g/mol. The van der Waals surface area contributed by atoms with Crippen LogP contribution in [-0.2, 0) is 4.79 Å². The molecule has 2 rings (SSSR count). The Kier molecular flexibility index (Phi) is 4.41. The SMILES string of the molecule is CCNC(=O)N1CCC(NC(=O)C2CCNC2)C1. The van der Waals surface area contributed by atoms with Crippen LogP contribution in [0.2, 0.25) is 0 Å². The van der Waals surface area contributed by atoms with E-state index in [0.29, 0.717) is 13.1 Å². The van der Waals surface area contributed by atoms with Crippen molar-refractivity contribution >= 4 is 11.9 Å². The Morgan fingerprint density at radius 3 is 2.89 bits per heavy atom. The molecule has 6 nitrogen and oxygen atoms in total. The molecular formula is C12H22N4O2. The molecule has 2 saturated heterocycles. The van der Waals surface area contributed by atoms with Gasteiger partial charge in [-0.15, -0.1) is 0 Å². The molecule has 102 valence electrons. The molecule has 0 aromatic heterocycles. The largest absolute Gasteiger partial charge is 0.351 e. The number of carbonyl (C=O) groups is 2. The van der Waals surface area contributed by atoms with Gasteiger partial charge in [0, 0.05) is 32.2 Å². The summed E-state index contributed by atoms with van der Waals surface area (Å²) in [4.78, 5) is 25.3. The summed E-state index contributed by atoms with van der Waals surface area (Å²) in [6, 6.07) is 0.0810. The number of nitrogens with one attached hydrogen (secondary N) is 3. The summed E-state index contributed by atoms with van der Waals surface area (Å²) in [5, 5.41) is 9.01. The van der Waals surface area contributed by atoms with Gasteiger partial charge in [0.05, 0.1) is 5.92 Å². The highest BCUT2D eigenvalue weighted by Crippen LogP contribution is 2.12. The minimum atomic E-state index is -0.0308. The molecule has 0 spiro atoms. The van der Waals surface area contributed by atoms with E-state index in [1.165, 1.54) is 0 Å². The van der Waals surface area contributed by atoms with Crippen molar-refractivity contribution in [1.82, 2.24) is 20.9 Å². The zero-order chi connectivity index (χ0) is 13.0. The lowest BCUT2D eigenvalue weighted by Gasteiger charge is -2.18. The molecule has 0 aromatic rings. The fourth-order valence-electron chi connectivity index (χ4n) is 2.52. The number of rotatable bonds is 3. The first-order valence-corrected chi connectivity index (χ1v) is 6.74. The molecule has 0 radical (unpaired) electrons. The van der Waals surface area contributed by atoms with Crippen molar-refractivity contribution < 1.29 is 9.59 Å². The molecule has 2 unspecified atom stereocenters. The first-order chi connectivity index (χ1) is 8.70. The molecule has 6 heteroatoms. The summed E-state index contributed by atoms with van der Waals surface area (Å²) in [7, 11) is 0. The second-order valence-electron chi connectivity index (χ2n) is 4.97. The molecule has 0 bridgehead atoms. The van der Waals surface area contributed by atoms with E-state index in [1.807, 2.05) is 6.92 Å². The summed E-state index contributed by atoms with van der Waals surface area (Å²) in [6.45, 7) is 5.59. The average Bonchev–Trinajstić information content (AvgIpc) is 2.99. The Hall–Kier alpha value is -1.30. The summed E-state index contributed by atoms with van der Waals surface area (Å²) >= 11 is 0. The van der Waals surface area contributed by atoms with E-state index in [0.717, 1.165) is 32.5 Å². The minimum absolute atomic E-state index is 0.0308. The summed E-state index contributed by atoms with van der Waals surface area (Å²) in [5.74, 6) is 0.228. The predicted octanol–water partition coefficient (Wildman–Crippen LogP) is -0.484. The first kappa shape index (κ1) is 13.1.